The minimum absolute atomic E-state index is 0.0237. The quantitative estimate of drug-likeness (QED) is 0.646. The van der Waals surface area contributed by atoms with Crippen molar-refractivity contribution in [1.82, 2.24) is 15.1 Å². The molecule has 7 nitrogen and oxygen atoms in total. The molecule has 0 radical (unpaired) electrons. The van der Waals surface area contributed by atoms with E-state index in [-0.39, 0.29) is 17.9 Å². The Bertz CT molecular complexity index is 917. The van der Waals surface area contributed by atoms with Crippen LogP contribution in [-0.2, 0) is 4.74 Å². The third-order valence-electron chi connectivity index (χ3n) is 4.03. The SMILES string of the molecule is C[C@@H]1CN(c2c(C=O)nc3c(-c4nccs4)noc3c2Cl)C[C@H](C)O1. The molecule has 0 unspecified atom stereocenters. The van der Waals surface area contributed by atoms with E-state index < -0.39 is 0 Å². The number of halogens is 1. The lowest BCUT2D eigenvalue weighted by atomic mass is 10.1. The van der Waals surface area contributed by atoms with Crippen molar-refractivity contribution < 1.29 is 14.1 Å². The van der Waals surface area contributed by atoms with Gasteiger partial charge in [-0.25, -0.2) is 9.97 Å². The van der Waals surface area contributed by atoms with Crippen LogP contribution in [-0.4, -0.2) is 46.7 Å². The summed E-state index contributed by atoms with van der Waals surface area (Å²) in [5.41, 5.74) is 2.12. The molecular formula is C16H15ClN4O3S. The second kappa shape index (κ2) is 6.36. The van der Waals surface area contributed by atoms with Gasteiger partial charge in [-0.1, -0.05) is 16.8 Å². The van der Waals surface area contributed by atoms with Crippen molar-refractivity contribution in [3.63, 3.8) is 0 Å². The molecule has 1 aliphatic heterocycles. The molecule has 0 aliphatic carbocycles. The van der Waals surface area contributed by atoms with Gasteiger partial charge in [0.15, 0.2) is 12.0 Å². The molecule has 0 bridgehead atoms. The average molecular weight is 379 g/mol. The summed E-state index contributed by atoms with van der Waals surface area (Å²) in [6.45, 7) is 5.20. The highest BCUT2D eigenvalue weighted by atomic mass is 35.5. The normalized spacial score (nSPS) is 21.0. The number of aldehydes is 1. The standard InChI is InChI=1S/C16H15ClN4O3S/c1-8-5-21(6-9(2)23-8)14-10(7-22)19-12-13(16-18-3-4-25-16)20-24-15(12)11(14)17/h3-4,7-9H,5-6H2,1-2H3/t8-,9+. The smallest absolute Gasteiger partial charge is 0.206 e. The molecule has 2 atom stereocenters. The summed E-state index contributed by atoms with van der Waals surface area (Å²) in [6.07, 6.45) is 2.43. The predicted octanol–water partition coefficient (Wildman–Crippen LogP) is 3.43. The van der Waals surface area contributed by atoms with Gasteiger partial charge in [-0.05, 0) is 13.8 Å². The van der Waals surface area contributed by atoms with Crippen LogP contribution in [0.4, 0.5) is 5.69 Å². The number of rotatable bonds is 3. The molecule has 3 aromatic heterocycles. The molecule has 4 heterocycles. The first-order valence-corrected chi connectivity index (χ1v) is 9.08. The Labute approximate surface area is 152 Å². The second-order valence-corrected chi connectivity index (χ2v) is 7.26. The molecule has 0 N–H and O–H groups in total. The zero-order valence-electron chi connectivity index (χ0n) is 13.6. The van der Waals surface area contributed by atoms with Crippen LogP contribution < -0.4 is 4.90 Å². The second-order valence-electron chi connectivity index (χ2n) is 5.99. The maximum Gasteiger partial charge on any atom is 0.206 e. The third-order valence-corrected chi connectivity index (χ3v) is 5.16. The van der Waals surface area contributed by atoms with Crippen LogP contribution in [0.5, 0.6) is 0 Å². The number of pyridine rings is 1. The van der Waals surface area contributed by atoms with Gasteiger partial charge >= 0.3 is 0 Å². The Morgan fingerprint density at radius 1 is 1.36 bits per heavy atom. The molecular weight excluding hydrogens is 364 g/mol. The van der Waals surface area contributed by atoms with Gasteiger partial charge < -0.3 is 14.2 Å². The Hall–Kier alpha value is -2.03. The fourth-order valence-corrected chi connectivity index (χ4v) is 4.11. The molecule has 0 amide bonds. The van der Waals surface area contributed by atoms with Gasteiger partial charge in [0.2, 0.25) is 5.58 Å². The summed E-state index contributed by atoms with van der Waals surface area (Å²) >= 11 is 8.01. The van der Waals surface area contributed by atoms with Crippen molar-refractivity contribution in [2.24, 2.45) is 0 Å². The van der Waals surface area contributed by atoms with Gasteiger partial charge in [-0.15, -0.1) is 11.3 Å². The average Bonchev–Trinajstić information content (AvgIpc) is 3.22. The summed E-state index contributed by atoms with van der Waals surface area (Å²) in [7, 11) is 0. The van der Waals surface area contributed by atoms with E-state index in [4.69, 9.17) is 20.9 Å². The van der Waals surface area contributed by atoms with Crippen molar-refractivity contribution in [3.05, 3.63) is 22.3 Å². The van der Waals surface area contributed by atoms with E-state index in [9.17, 15) is 4.79 Å². The molecule has 9 heteroatoms. The fourth-order valence-electron chi connectivity index (χ4n) is 3.15. The van der Waals surface area contributed by atoms with Crippen LogP contribution in [0.15, 0.2) is 16.1 Å². The topological polar surface area (TPSA) is 81.4 Å². The lowest BCUT2D eigenvalue weighted by molar-refractivity contribution is -0.00526. The van der Waals surface area contributed by atoms with Crippen LogP contribution in [0, 0.1) is 0 Å². The first-order chi connectivity index (χ1) is 12.1. The van der Waals surface area contributed by atoms with E-state index in [1.807, 2.05) is 24.1 Å². The number of nitrogens with zero attached hydrogens (tertiary/aromatic N) is 4. The van der Waals surface area contributed by atoms with Gasteiger partial charge in [0, 0.05) is 24.7 Å². The van der Waals surface area contributed by atoms with Gasteiger partial charge in [-0.3, -0.25) is 4.79 Å². The number of hydrogen-bond donors (Lipinski definition) is 0. The Morgan fingerprint density at radius 2 is 2.12 bits per heavy atom. The van der Waals surface area contributed by atoms with Crippen LogP contribution in [0.1, 0.15) is 24.3 Å². The van der Waals surface area contributed by atoms with E-state index in [1.54, 1.807) is 6.20 Å². The van der Waals surface area contributed by atoms with Gasteiger partial charge in [0.1, 0.15) is 21.2 Å². The van der Waals surface area contributed by atoms with Crippen molar-refractivity contribution >= 4 is 46.0 Å². The Morgan fingerprint density at radius 3 is 2.76 bits per heavy atom. The van der Waals surface area contributed by atoms with E-state index in [0.717, 1.165) is 0 Å². The van der Waals surface area contributed by atoms with E-state index in [2.05, 4.69) is 15.1 Å². The highest BCUT2D eigenvalue weighted by Gasteiger charge is 2.29. The van der Waals surface area contributed by atoms with E-state index >= 15 is 0 Å². The summed E-state index contributed by atoms with van der Waals surface area (Å²) < 4.78 is 11.2. The molecule has 3 aromatic rings. The highest BCUT2D eigenvalue weighted by Crippen LogP contribution is 2.39. The minimum Gasteiger partial charge on any atom is -0.372 e. The fraction of sp³-hybridized carbons (Fsp3) is 0.375. The maximum absolute atomic E-state index is 11.7. The first-order valence-electron chi connectivity index (χ1n) is 7.82. The molecule has 130 valence electrons. The summed E-state index contributed by atoms with van der Waals surface area (Å²) in [6, 6.07) is 0. The molecule has 1 fully saturated rings. The van der Waals surface area contributed by atoms with Crippen molar-refractivity contribution in [2.75, 3.05) is 18.0 Å². The number of morpholine rings is 1. The van der Waals surface area contributed by atoms with E-state index in [1.165, 1.54) is 11.3 Å². The number of anilines is 1. The van der Waals surface area contributed by atoms with Crippen LogP contribution in [0.3, 0.4) is 0 Å². The lowest BCUT2D eigenvalue weighted by Crippen LogP contribution is -2.46. The molecule has 0 spiro atoms. The monoisotopic (exact) mass is 378 g/mol. The van der Waals surface area contributed by atoms with Crippen molar-refractivity contribution in [1.29, 1.82) is 0 Å². The van der Waals surface area contributed by atoms with Gasteiger partial charge in [-0.2, -0.15) is 0 Å². The summed E-state index contributed by atoms with van der Waals surface area (Å²) in [4.78, 5) is 22.4. The van der Waals surface area contributed by atoms with Crippen LogP contribution in [0.25, 0.3) is 21.8 Å². The summed E-state index contributed by atoms with van der Waals surface area (Å²) in [5, 5.41) is 6.90. The van der Waals surface area contributed by atoms with Crippen molar-refractivity contribution in [2.45, 2.75) is 26.1 Å². The first kappa shape index (κ1) is 16.4. The van der Waals surface area contributed by atoms with Crippen LogP contribution in [0.2, 0.25) is 5.02 Å². The zero-order chi connectivity index (χ0) is 17.6. The van der Waals surface area contributed by atoms with E-state index in [0.29, 0.717) is 51.9 Å². The molecule has 0 aromatic carbocycles. The zero-order valence-corrected chi connectivity index (χ0v) is 15.2. The Balaban J connectivity index is 1.88. The molecule has 4 rings (SSSR count). The molecule has 0 saturated carbocycles. The minimum atomic E-state index is 0.0237. The molecule has 25 heavy (non-hydrogen) atoms. The Kier molecular flexibility index (Phi) is 4.18. The van der Waals surface area contributed by atoms with Gasteiger partial charge in [0.25, 0.3) is 0 Å². The predicted molar refractivity (Wildman–Crippen MR) is 95.5 cm³/mol. The van der Waals surface area contributed by atoms with Crippen LogP contribution >= 0.6 is 22.9 Å². The lowest BCUT2D eigenvalue weighted by Gasteiger charge is -2.37. The number of thiazole rings is 1. The number of fused-ring (bicyclic) bond motifs is 1. The number of carbonyl (C=O) groups excluding carboxylic acids is 1. The molecule has 1 saturated heterocycles. The van der Waals surface area contributed by atoms with Gasteiger partial charge in [0.05, 0.1) is 17.9 Å². The number of carbonyl (C=O) groups is 1. The highest BCUT2D eigenvalue weighted by molar-refractivity contribution is 7.13. The largest absolute Gasteiger partial charge is 0.372 e. The molecule has 1 aliphatic rings. The van der Waals surface area contributed by atoms with Crippen molar-refractivity contribution in [3.8, 4) is 10.7 Å². The number of ether oxygens (including phenoxy) is 1. The maximum atomic E-state index is 11.7. The number of aromatic nitrogens is 3. The summed E-state index contributed by atoms with van der Waals surface area (Å²) in [5.74, 6) is 0. The third kappa shape index (κ3) is 2.80. The number of hydrogen-bond acceptors (Lipinski definition) is 8.